The SMILES string of the molecule is [CH2]c1cc(-c2ccccc2OC)c(OC)cc1Br. The van der Waals surface area contributed by atoms with E-state index in [2.05, 4.69) is 22.9 Å². The number of para-hydroxylation sites is 1. The number of halogens is 1. The van der Waals surface area contributed by atoms with Gasteiger partial charge in [0.1, 0.15) is 11.5 Å². The molecule has 2 nitrogen and oxygen atoms in total. The van der Waals surface area contributed by atoms with Crippen LogP contribution in [0.2, 0.25) is 0 Å². The predicted molar refractivity (Wildman–Crippen MR) is 77.1 cm³/mol. The zero-order chi connectivity index (χ0) is 13.1. The van der Waals surface area contributed by atoms with Crippen molar-refractivity contribution in [3.05, 3.63) is 53.4 Å². The van der Waals surface area contributed by atoms with Gasteiger partial charge in [0.05, 0.1) is 14.2 Å². The molecule has 3 heteroatoms. The fourth-order valence-corrected chi connectivity index (χ4v) is 2.17. The molecular formula is C15H14BrO2. The molecule has 0 aliphatic heterocycles. The smallest absolute Gasteiger partial charge is 0.127 e. The third kappa shape index (κ3) is 2.36. The molecule has 0 fully saturated rings. The fraction of sp³-hybridized carbons (Fsp3) is 0.133. The molecule has 0 aromatic heterocycles. The van der Waals surface area contributed by atoms with Gasteiger partial charge >= 0.3 is 0 Å². The Morgan fingerprint density at radius 1 is 0.944 bits per heavy atom. The Labute approximate surface area is 116 Å². The van der Waals surface area contributed by atoms with Crippen LogP contribution < -0.4 is 9.47 Å². The van der Waals surface area contributed by atoms with E-state index in [1.807, 2.05) is 36.4 Å². The Morgan fingerprint density at radius 3 is 2.28 bits per heavy atom. The van der Waals surface area contributed by atoms with Crippen molar-refractivity contribution in [2.75, 3.05) is 14.2 Å². The summed E-state index contributed by atoms with van der Waals surface area (Å²) in [4.78, 5) is 0. The van der Waals surface area contributed by atoms with Crippen LogP contribution in [-0.2, 0) is 0 Å². The third-order valence-corrected chi connectivity index (χ3v) is 3.50. The zero-order valence-electron chi connectivity index (χ0n) is 10.4. The average molecular weight is 306 g/mol. The second-order valence-corrected chi connectivity index (χ2v) is 4.70. The molecular weight excluding hydrogens is 292 g/mol. The molecule has 0 unspecified atom stereocenters. The van der Waals surface area contributed by atoms with Crippen LogP contribution in [0.15, 0.2) is 40.9 Å². The summed E-state index contributed by atoms with van der Waals surface area (Å²) < 4.78 is 11.7. The first-order chi connectivity index (χ1) is 8.67. The maximum atomic E-state index is 5.42. The van der Waals surface area contributed by atoms with Crippen molar-refractivity contribution in [2.24, 2.45) is 0 Å². The first kappa shape index (κ1) is 13.0. The quantitative estimate of drug-likeness (QED) is 0.841. The first-order valence-corrected chi connectivity index (χ1v) is 6.29. The molecule has 0 bridgehead atoms. The van der Waals surface area contributed by atoms with Gasteiger partial charge in [-0.2, -0.15) is 0 Å². The van der Waals surface area contributed by atoms with Crippen LogP contribution in [0, 0.1) is 6.92 Å². The largest absolute Gasteiger partial charge is 0.496 e. The van der Waals surface area contributed by atoms with E-state index in [9.17, 15) is 0 Å². The van der Waals surface area contributed by atoms with E-state index in [-0.39, 0.29) is 0 Å². The average Bonchev–Trinajstić information content (AvgIpc) is 2.41. The lowest BCUT2D eigenvalue weighted by Crippen LogP contribution is -1.93. The molecule has 2 aromatic rings. The van der Waals surface area contributed by atoms with Gasteiger partial charge in [-0.15, -0.1) is 0 Å². The number of hydrogen-bond acceptors (Lipinski definition) is 2. The molecule has 0 heterocycles. The van der Waals surface area contributed by atoms with Crippen LogP contribution >= 0.6 is 15.9 Å². The molecule has 2 aromatic carbocycles. The van der Waals surface area contributed by atoms with E-state index in [0.717, 1.165) is 32.7 Å². The minimum absolute atomic E-state index is 0.791. The van der Waals surface area contributed by atoms with E-state index in [4.69, 9.17) is 9.47 Å². The highest BCUT2D eigenvalue weighted by Gasteiger charge is 2.12. The molecule has 18 heavy (non-hydrogen) atoms. The molecule has 0 saturated carbocycles. The second-order valence-electron chi connectivity index (χ2n) is 3.84. The Hall–Kier alpha value is -1.48. The van der Waals surface area contributed by atoms with Crippen molar-refractivity contribution >= 4 is 15.9 Å². The third-order valence-electron chi connectivity index (χ3n) is 2.77. The van der Waals surface area contributed by atoms with E-state index in [1.54, 1.807) is 14.2 Å². The Kier molecular flexibility index (Phi) is 3.92. The molecule has 0 amide bonds. The Bertz CT molecular complexity index is 564. The lowest BCUT2D eigenvalue weighted by Gasteiger charge is -2.14. The van der Waals surface area contributed by atoms with E-state index in [0.29, 0.717) is 0 Å². The summed E-state index contributed by atoms with van der Waals surface area (Å²) in [6.45, 7) is 3.99. The van der Waals surface area contributed by atoms with Crippen molar-refractivity contribution in [3.8, 4) is 22.6 Å². The second kappa shape index (κ2) is 5.44. The summed E-state index contributed by atoms with van der Waals surface area (Å²) in [6.07, 6.45) is 0. The monoisotopic (exact) mass is 305 g/mol. The standard InChI is InChI=1S/C15H14BrO2/c1-10-8-12(15(18-3)9-13(10)16)11-6-4-5-7-14(11)17-2/h4-9H,1H2,2-3H3. The van der Waals surface area contributed by atoms with Crippen LogP contribution in [0.5, 0.6) is 11.5 Å². The molecule has 0 N–H and O–H groups in total. The Morgan fingerprint density at radius 2 is 1.61 bits per heavy atom. The highest BCUT2D eigenvalue weighted by atomic mass is 79.9. The summed E-state index contributed by atoms with van der Waals surface area (Å²) in [7, 11) is 3.32. The highest BCUT2D eigenvalue weighted by Crippen LogP contribution is 2.38. The van der Waals surface area contributed by atoms with Gasteiger partial charge in [-0.05, 0) is 30.7 Å². The van der Waals surface area contributed by atoms with Gasteiger partial charge in [-0.3, -0.25) is 0 Å². The molecule has 2 rings (SSSR count). The summed E-state index contributed by atoms with van der Waals surface area (Å²) in [6, 6.07) is 11.8. The van der Waals surface area contributed by atoms with Crippen LogP contribution in [0.3, 0.4) is 0 Å². The summed E-state index contributed by atoms with van der Waals surface area (Å²) >= 11 is 3.46. The summed E-state index contributed by atoms with van der Waals surface area (Å²) in [5, 5.41) is 0. The predicted octanol–water partition coefficient (Wildman–Crippen LogP) is 4.32. The number of hydrogen-bond donors (Lipinski definition) is 0. The van der Waals surface area contributed by atoms with Crippen LogP contribution in [0.25, 0.3) is 11.1 Å². The zero-order valence-corrected chi connectivity index (χ0v) is 12.0. The highest BCUT2D eigenvalue weighted by molar-refractivity contribution is 9.10. The van der Waals surface area contributed by atoms with Crippen molar-refractivity contribution in [2.45, 2.75) is 0 Å². The molecule has 0 saturated heterocycles. The van der Waals surface area contributed by atoms with Crippen molar-refractivity contribution in [1.82, 2.24) is 0 Å². The number of rotatable bonds is 3. The van der Waals surface area contributed by atoms with Gasteiger partial charge in [-0.1, -0.05) is 34.1 Å². The maximum Gasteiger partial charge on any atom is 0.127 e. The fourth-order valence-electron chi connectivity index (χ4n) is 1.85. The van der Waals surface area contributed by atoms with Gasteiger partial charge in [0.15, 0.2) is 0 Å². The topological polar surface area (TPSA) is 18.5 Å². The normalized spacial score (nSPS) is 10.2. The van der Waals surface area contributed by atoms with Crippen molar-refractivity contribution in [3.63, 3.8) is 0 Å². The lowest BCUT2D eigenvalue weighted by molar-refractivity contribution is 0.410. The number of methoxy groups -OCH3 is 2. The molecule has 1 radical (unpaired) electrons. The van der Waals surface area contributed by atoms with Crippen LogP contribution in [0.1, 0.15) is 5.56 Å². The van der Waals surface area contributed by atoms with Gasteiger partial charge in [0.2, 0.25) is 0 Å². The molecule has 0 aliphatic carbocycles. The first-order valence-electron chi connectivity index (χ1n) is 5.50. The molecule has 93 valence electrons. The van der Waals surface area contributed by atoms with E-state index in [1.165, 1.54) is 0 Å². The number of benzene rings is 2. The van der Waals surface area contributed by atoms with Gasteiger partial charge in [-0.25, -0.2) is 0 Å². The summed E-state index contributed by atoms with van der Waals surface area (Å²) in [5.41, 5.74) is 2.88. The minimum atomic E-state index is 0.791. The summed E-state index contributed by atoms with van der Waals surface area (Å²) in [5.74, 6) is 1.61. The van der Waals surface area contributed by atoms with Crippen molar-refractivity contribution < 1.29 is 9.47 Å². The lowest BCUT2D eigenvalue weighted by atomic mass is 10.0. The maximum absolute atomic E-state index is 5.42. The van der Waals surface area contributed by atoms with Crippen LogP contribution in [0.4, 0.5) is 0 Å². The van der Waals surface area contributed by atoms with Crippen LogP contribution in [-0.4, -0.2) is 14.2 Å². The molecule has 0 spiro atoms. The van der Waals surface area contributed by atoms with Gasteiger partial charge in [0.25, 0.3) is 0 Å². The molecule has 0 atom stereocenters. The number of ether oxygens (including phenoxy) is 2. The van der Waals surface area contributed by atoms with Crippen molar-refractivity contribution in [1.29, 1.82) is 0 Å². The Balaban J connectivity index is 2.66. The van der Waals surface area contributed by atoms with E-state index >= 15 is 0 Å². The molecule has 0 aliphatic rings. The van der Waals surface area contributed by atoms with Gasteiger partial charge < -0.3 is 9.47 Å². The van der Waals surface area contributed by atoms with E-state index < -0.39 is 0 Å². The minimum Gasteiger partial charge on any atom is -0.496 e. The van der Waals surface area contributed by atoms with Gasteiger partial charge in [0, 0.05) is 15.6 Å².